The van der Waals surface area contributed by atoms with Crippen LogP contribution in [0.3, 0.4) is 0 Å². The van der Waals surface area contributed by atoms with E-state index in [0.717, 1.165) is 12.3 Å². The maximum absolute atomic E-state index is 12.3. The molecular formula is C10H12BrF3N2. The molecule has 0 aliphatic carbocycles. The highest BCUT2D eigenvalue weighted by molar-refractivity contribution is 9.09. The van der Waals surface area contributed by atoms with Crippen molar-refractivity contribution in [3.63, 3.8) is 0 Å². The van der Waals surface area contributed by atoms with E-state index in [9.17, 15) is 13.2 Å². The second kappa shape index (κ2) is 5.03. The highest BCUT2D eigenvalue weighted by Crippen LogP contribution is 2.29. The normalized spacial score (nSPS) is 13.6. The van der Waals surface area contributed by atoms with Crippen LogP contribution in [-0.2, 0) is 6.18 Å². The van der Waals surface area contributed by atoms with Crippen LogP contribution in [0.4, 0.5) is 19.0 Å². The van der Waals surface area contributed by atoms with E-state index >= 15 is 0 Å². The first kappa shape index (κ1) is 13.3. The van der Waals surface area contributed by atoms with Crippen molar-refractivity contribution in [2.75, 3.05) is 18.5 Å². The topological polar surface area (TPSA) is 16.1 Å². The number of rotatable bonds is 3. The molecule has 1 heterocycles. The number of hydrogen-bond acceptors (Lipinski definition) is 2. The molecule has 0 aromatic carbocycles. The van der Waals surface area contributed by atoms with Gasteiger partial charge >= 0.3 is 6.18 Å². The summed E-state index contributed by atoms with van der Waals surface area (Å²) in [6.07, 6.45) is -3.47. The second-order valence-electron chi connectivity index (χ2n) is 3.56. The molecule has 0 fully saturated rings. The molecule has 1 aromatic heterocycles. The van der Waals surface area contributed by atoms with E-state index in [1.807, 2.05) is 6.92 Å². The Labute approximate surface area is 101 Å². The van der Waals surface area contributed by atoms with Crippen molar-refractivity contribution in [3.8, 4) is 0 Å². The average molecular weight is 297 g/mol. The van der Waals surface area contributed by atoms with Crippen LogP contribution in [0.1, 0.15) is 12.5 Å². The molecule has 90 valence electrons. The van der Waals surface area contributed by atoms with Crippen LogP contribution in [-0.4, -0.2) is 23.4 Å². The van der Waals surface area contributed by atoms with Crippen molar-refractivity contribution in [3.05, 3.63) is 23.9 Å². The molecule has 1 atom stereocenters. The minimum atomic E-state index is -4.33. The third-order valence-electron chi connectivity index (χ3n) is 1.99. The quantitative estimate of drug-likeness (QED) is 0.796. The van der Waals surface area contributed by atoms with E-state index in [-0.39, 0.29) is 4.83 Å². The summed E-state index contributed by atoms with van der Waals surface area (Å²) in [5, 5.41) is 0. The van der Waals surface area contributed by atoms with Gasteiger partial charge in [-0.15, -0.1) is 0 Å². The molecule has 1 rings (SSSR count). The van der Waals surface area contributed by atoms with Crippen molar-refractivity contribution >= 4 is 21.7 Å². The van der Waals surface area contributed by atoms with E-state index in [2.05, 4.69) is 20.9 Å². The number of hydrogen-bond donors (Lipinski definition) is 0. The van der Waals surface area contributed by atoms with E-state index in [1.54, 1.807) is 11.9 Å². The van der Waals surface area contributed by atoms with Gasteiger partial charge < -0.3 is 4.90 Å². The standard InChI is InChI=1S/C10H12BrF3N2/c1-7(11)6-16(2)9-4-3-8(5-15-9)10(12,13)14/h3-5,7H,6H2,1-2H3. The maximum atomic E-state index is 12.3. The van der Waals surface area contributed by atoms with Crippen LogP contribution in [0.15, 0.2) is 18.3 Å². The number of aromatic nitrogens is 1. The van der Waals surface area contributed by atoms with Gasteiger partial charge in [-0.1, -0.05) is 22.9 Å². The van der Waals surface area contributed by atoms with Crippen LogP contribution >= 0.6 is 15.9 Å². The van der Waals surface area contributed by atoms with Gasteiger partial charge in [0.05, 0.1) is 5.56 Å². The highest BCUT2D eigenvalue weighted by atomic mass is 79.9. The molecule has 0 bridgehead atoms. The van der Waals surface area contributed by atoms with Gasteiger partial charge in [-0.2, -0.15) is 13.2 Å². The molecule has 2 nitrogen and oxygen atoms in total. The summed E-state index contributed by atoms with van der Waals surface area (Å²) in [6.45, 7) is 2.64. The first-order valence-corrected chi connectivity index (χ1v) is 5.60. The number of pyridine rings is 1. The zero-order valence-electron chi connectivity index (χ0n) is 8.92. The summed E-state index contributed by atoms with van der Waals surface area (Å²) in [5.74, 6) is 0.527. The Balaban J connectivity index is 2.79. The Bertz CT molecular complexity index is 335. The van der Waals surface area contributed by atoms with Gasteiger partial charge in [-0.3, -0.25) is 0 Å². The van der Waals surface area contributed by atoms with Crippen LogP contribution in [0.2, 0.25) is 0 Å². The molecule has 0 spiro atoms. The fraction of sp³-hybridized carbons (Fsp3) is 0.500. The van der Waals surface area contributed by atoms with Crippen LogP contribution in [0.25, 0.3) is 0 Å². The molecular weight excluding hydrogens is 285 g/mol. The Kier molecular flexibility index (Phi) is 4.18. The van der Waals surface area contributed by atoms with E-state index in [4.69, 9.17) is 0 Å². The summed E-state index contributed by atoms with van der Waals surface area (Å²) in [7, 11) is 1.79. The Morgan fingerprint density at radius 3 is 2.44 bits per heavy atom. The van der Waals surface area contributed by atoms with Gasteiger partial charge in [0.1, 0.15) is 5.82 Å². The van der Waals surface area contributed by atoms with E-state index in [0.29, 0.717) is 12.4 Å². The monoisotopic (exact) mass is 296 g/mol. The van der Waals surface area contributed by atoms with Gasteiger partial charge in [0.15, 0.2) is 0 Å². The lowest BCUT2D eigenvalue weighted by atomic mass is 10.2. The third-order valence-corrected chi connectivity index (χ3v) is 2.28. The van der Waals surface area contributed by atoms with Crippen LogP contribution in [0, 0.1) is 0 Å². The minimum Gasteiger partial charge on any atom is -0.359 e. The lowest BCUT2D eigenvalue weighted by Gasteiger charge is -2.19. The average Bonchev–Trinajstić information content (AvgIpc) is 2.15. The van der Waals surface area contributed by atoms with E-state index in [1.165, 1.54) is 6.07 Å². The largest absolute Gasteiger partial charge is 0.417 e. The summed E-state index contributed by atoms with van der Waals surface area (Å²) in [5.41, 5.74) is -0.725. The first-order valence-electron chi connectivity index (χ1n) is 4.69. The molecule has 6 heteroatoms. The molecule has 0 amide bonds. The van der Waals surface area contributed by atoms with Gasteiger partial charge in [-0.05, 0) is 12.1 Å². The SMILES string of the molecule is CC(Br)CN(C)c1ccc(C(F)(F)F)cn1. The number of nitrogens with zero attached hydrogens (tertiary/aromatic N) is 2. The molecule has 0 aliphatic heterocycles. The number of halogens is 4. The first-order chi connectivity index (χ1) is 7.30. The Morgan fingerprint density at radius 2 is 2.06 bits per heavy atom. The van der Waals surface area contributed by atoms with Crippen molar-refractivity contribution in [1.29, 1.82) is 0 Å². The smallest absolute Gasteiger partial charge is 0.359 e. The predicted molar refractivity (Wildman–Crippen MR) is 60.9 cm³/mol. The third kappa shape index (κ3) is 3.66. The highest BCUT2D eigenvalue weighted by Gasteiger charge is 2.30. The maximum Gasteiger partial charge on any atom is 0.417 e. The predicted octanol–water partition coefficient (Wildman–Crippen LogP) is 3.32. The number of alkyl halides is 4. The molecule has 0 N–H and O–H groups in total. The molecule has 0 radical (unpaired) electrons. The van der Waals surface area contributed by atoms with Gasteiger partial charge in [0.2, 0.25) is 0 Å². The van der Waals surface area contributed by atoms with Crippen molar-refractivity contribution in [1.82, 2.24) is 4.98 Å². The zero-order valence-corrected chi connectivity index (χ0v) is 10.5. The van der Waals surface area contributed by atoms with Crippen LogP contribution in [0.5, 0.6) is 0 Å². The minimum absolute atomic E-state index is 0.251. The molecule has 1 aromatic rings. The van der Waals surface area contributed by atoms with E-state index < -0.39 is 11.7 Å². The summed E-state index contributed by atoms with van der Waals surface area (Å²) in [6, 6.07) is 2.41. The van der Waals surface area contributed by atoms with Crippen molar-refractivity contribution < 1.29 is 13.2 Å². The number of anilines is 1. The lowest BCUT2D eigenvalue weighted by molar-refractivity contribution is -0.137. The molecule has 1 unspecified atom stereocenters. The van der Waals surface area contributed by atoms with Gasteiger partial charge in [0.25, 0.3) is 0 Å². The summed E-state index contributed by atoms with van der Waals surface area (Å²) >= 11 is 3.37. The van der Waals surface area contributed by atoms with Crippen LogP contribution < -0.4 is 4.90 Å². The lowest BCUT2D eigenvalue weighted by Crippen LogP contribution is -2.24. The summed E-state index contributed by atoms with van der Waals surface area (Å²) in [4.78, 5) is 5.83. The molecule has 0 saturated carbocycles. The fourth-order valence-electron chi connectivity index (χ4n) is 1.25. The molecule has 0 aliphatic rings. The second-order valence-corrected chi connectivity index (χ2v) is 5.13. The fourth-order valence-corrected chi connectivity index (χ4v) is 1.68. The van der Waals surface area contributed by atoms with Crippen molar-refractivity contribution in [2.24, 2.45) is 0 Å². The van der Waals surface area contributed by atoms with Gasteiger partial charge in [0, 0.05) is 24.6 Å². The van der Waals surface area contributed by atoms with Crippen molar-refractivity contribution in [2.45, 2.75) is 17.9 Å². The molecule has 16 heavy (non-hydrogen) atoms. The Hall–Kier alpha value is -0.780. The Morgan fingerprint density at radius 1 is 1.44 bits per heavy atom. The zero-order chi connectivity index (χ0) is 12.3. The summed E-state index contributed by atoms with van der Waals surface area (Å²) < 4.78 is 36.8. The van der Waals surface area contributed by atoms with Gasteiger partial charge in [-0.25, -0.2) is 4.98 Å². The molecule has 0 saturated heterocycles.